The van der Waals surface area contributed by atoms with Gasteiger partial charge in [-0.3, -0.25) is 0 Å². The van der Waals surface area contributed by atoms with E-state index < -0.39 is 0 Å². The van der Waals surface area contributed by atoms with E-state index in [0.29, 0.717) is 11.9 Å². The molecule has 0 saturated carbocycles. The van der Waals surface area contributed by atoms with Crippen LogP contribution in [-0.4, -0.2) is 23.1 Å². The lowest BCUT2D eigenvalue weighted by Crippen LogP contribution is -2.07. The number of thioether (sulfide) groups is 1. The van der Waals surface area contributed by atoms with Crippen molar-refractivity contribution in [3.05, 3.63) is 11.6 Å². The lowest BCUT2D eigenvalue weighted by Gasteiger charge is -2.05. The molecule has 2 nitrogen and oxygen atoms in total. The highest BCUT2D eigenvalue weighted by Gasteiger charge is 2.20. The first-order valence-corrected chi connectivity index (χ1v) is 6.08. The SMILES string of the molecule is CCOC(=O)/C(C)=C/C1CCC(C)S1. The third-order valence-electron chi connectivity index (χ3n) is 2.30. The molecule has 14 heavy (non-hydrogen) atoms. The summed E-state index contributed by atoms with van der Waals surface area (Å²) in [5, 5.41) is 1.24. The van der Waals surface area contributed by atoms with Gasteiger partial charge in [-0.05, 0) is 26.7 Å². The minimum Gasteiger partial charge on any atom is -0.463 e. The molecule has 0 aliphatic carbocycles. The summed E-state index contributed by atoms with van der Waals surface area (Å²) in [5.74, 6) is -0.173. The Balaban J connectivity index is 2.46. The Kier molecular flexibility index (Phi) is 4.52. The van der Waals surface area contributed by atoms with Gasteiger partial charge < -0.3 is 4.74 Å². The normalized spacial score (nSPS) is 27.8. The largest absolute Gasteiger partial charge is 0.463 e. The maximum Gasteiger partial charge on any atom is 0.333 e. The average molecular weight is 214 g/mol. The number of hydrogen-bond acceptors (Lipinski definition) is 3. The van der Waals surface area contributed by atoms with Crippen LogP contribution < -0.4 is 0 Å². The predicted octanol–water partition coefficient (Wildman–Crippen LogP) is 2.78. The summed E-state index contributed by atoms with van der Waals surface area (Å²) in [6.07, 6.45) is 4.48. The summed E-state index contributed by atoms with van der Waals surface area (Å²) >= 11 is 1.95. The van der Waals surface area contributed by atoms with Gasteiger partial charge in [0.2, 0.25) is 0 Å². The minimum absolute atomic E-state index is 0.173. The first-order valence-electron chi connectivity index (χ1n) is 5.14. The van der Waals surface area contributed by atoms with Crippen molar-refractivity contribution in [2.24, 2.45) is 0 Å². The van der Waals surface area contributed by atoms with Gasteiger partial charge in [-0.2, -0.15) is 11.8 Å². The fourth-order valence-corrected chi connectivity index (χ4v) is 2.97. The van der Waals surface area contributed by atoms with Crippen molar-refractivity contribution >= 4 is 17.7 Å². The fraction of sp³-hybridized carbons (Fsp3) is 0.727. The zero-order valence-corrected chi connectivity index (χ0v) is 9.89. The van der Waals surface area contributed by atoms with Crippen molar-refractivity contribution in [3.63, 3.8) is 0 Å². The first-order chi connectivity index (χ1) is 6.63. The van der Waals surface area contributed by atoms with E-state index in [2.05, 4.69) is 6.92 Å². The Labute approximate surface area is 90.1 Å². The minimum atomic E-state index is -0.173. The molecule has 1 heterocycles. The maximum atomic E-state index is 11.3. The molecule has 0 radical (unpaired) electrons. The summed E-state index contributed by atoms with van der Waals surface area (Å²) in [7, 11) is 0. The topological polar surface area (TPSA) is 26.3 Å². The second-order valence-electron chi connectivity index (χ2n) is 3.63. The van der Waals surface area contributed by atoms with Crippen LogP contribution in [-0.2, 0) is 9.53 Å². The quantitative estimate of drug-likeness (QED) is 0.534. The van der Waals surface area contributed by atoms with Gasteiger partial charge in [0.05, 0.1) is 6.61 Å². The van der Waals surface area contributed by atoms with Crippen molar-refractivity contribution in [2.75, 3.05) is 6.61 Å². The maximum absolute atomic E-state index is 11.3. The van der Waals surface area contributed by atoms with Crippen LogP contribution in [0.2, 0.25) is 0 Å². The molecule has 1 saturated heterocycles. The van der Waals surface area contributed by atoms with Crippen LogP contribution in [0.1, 0.15) is 33.6 Å². The lowest BCUT2D eigenvalue weighted by molar-refractivity contribution is -0.138. The molecule has 2 atom stereocenters. The lowest BCUT2D eigenvalue weighted by atomic mass is 10.1. The first kappa shape index (κ1) is 11.6. The second kappa shape index (κ2) is 5.44. The van der Waals surface area contributed by atoms with Gasteiger partial charge >= 0.3 is 5.97 Å². The highest BCUT2D eigenvalue weighted by Crippen LogP contribution is 2.34. The molecule has 0 aromatic heterocycles. The molecule has 0 amide bonds. The molecule has 1 fully saturated rings. The molecule has 1 aliphatic heterocycles. The molecule has 0 aromatic rings. The average Bonchev–Trinajstić information content (AvgIpc) is 2.51. The van der Waals surface area contributed by atoms with Gasteiger partial charge in [0, 0.05) is 16.1 Å². The highest BCUT2D eigenvalue weighted by molar-refractivity contribution is 8.00. The summed E-state index contributed by atoms with van der Waals surface area (Å²) in [6, 6.07) is 0. The van der Waals surface area contributed by atoms with Gasteiger partial charge in [0.15, 0.2) is 0 Å². The third-order valence-corrected chi connectivity index (χ3v) is 3.72. The van der Waals surface area contributed by atoms with Crippen molar-refractivity contribution < 1.29 is 9.53 Å². The smallest absolute Gasteiger partial charge is 0.333 e. The zero-order chi connectivity index (χ0) is 10.6. The van der Waals surface area contributed by atoms with E-state index in [1.807, 2.05) is 31.7 Å². The molecule has 0 aromatic carbocycles. The summed E-state index contributed by atoms with van der Waals surface area (Å²) in [6.45, 7) is 6.36. The zero-order valence-electron chi connectivity index (χ0n) is 9.08. The number of hydrogen-bond donors (Lipinski definition) is 0. The Morgan fingerprint density at radius 1 is 1.57 bits per heavy atom. The van der Waals surface area contributed by atoms with Gasteiger partial charge in [-0.25, -0.2) is 4.79 Å². The van der Waals surface area contributed by atoms with Crippen LogP contribution >= 0.6 is 11.8 Å². The van der Waals surface area contributed by atoms with Crippen LogP contribution in [0.5, 0.6) is 0 Å². The summed E-state index contributed by atoms with van der Waals surface area (Å²) in [4.78, 5) is 11.3. The van der Waals surface area contributed by atoms with E-state index in [4.69, 9.17) is 4.74 Å². The summed E-state index contributed by atoms with van der Waals surface area (Å²) < 4.78 is 4.92. The van der Waals surface area contributed by atoms with E-state index in [1.54, 1.807) is 0 Å². The molecule has 2 unspecified atom stereocenters. The standard InChI is InChI=1S/C11H18O2S/c1-4-13-11(12)8(2)7-10-6-5-9(3)14-10/h7,9-10H,4-6H2,1-3H3/b8-7+. The van der Waals surface area contributed by atoms with E-state index in [1.165, 1.54) is 12.8 Å². The van der Waals surface area contributed by atoms with Crippen LogP contribution in [0.3, 0.4) is 0 Å². The Morgan fingerprint density at radius 2 is 2.29 bits per heavy atom. The van der Waals surface area contributed by atoms with Crippen LogP contribution in [0.4, 0.5) is 0 Å². The van der Waals surface area contributed by atoms with E-state index >= 15 is 0 Å². The third kappa shape index (κ3) is 3.37. The number of carbonyl (C=O) groups is 1. The second-order valence-corrected chi connectivity index (χ2v) is 5.32. The van der Waals surface area contributed by atoms with Crippen LogP contribution in [0, 0.1) is 0 Å². The number of carbonyl (C=O) groups excluding carboxylic acids is 1. The van der Waals surface area contributed by atoms with Gasteiger partial charge in [-0.1, -0.05) is 13.0 Å². The van der Waals surface area contributed by atoms with Crippen LogP contribution in [0.25, 0.3) is 0 Å². The van der Waals surface area contributed by atoms with Crippen molar-refractivity contribution in [3.8, 4) is 0 Å². The molecule has 80 valence electrons. The fourth-order valence-electron chi connectivity index (χ4n) is 1.55. The molecule has 0 bridgehead atoms. The van der Waals surface area contributed by atoms with Gasteiger partial charge in [-0.15, -0.1) is 0 Å². The number of rotatable bonds is 3. The molecule has 1 rings (SSSR count). The monoisotopic (exact) mass is 214 g/mol. The molecular formula is C11H18O2S. The Bertz CT molecular complexity index is 235. The molecule has 3 heteroatoms. The Hall–Kier alpha value is -0.440. The molecule has 0 spiro atoms. The summed E-state index contributed by atoms with van der Waals surface area (Å²) in [5.41, 5.74) is 0.749. The number of esters is 1. The van der Waals surface area contributed by atoms with Gasteiger partial charge in [0.1, 0.15) is 0 Å². The van der Waals surface area contributed by atoms with E-state index in [9.17, 15) is 4.79 Å². The van der Waals surface area contributed by atoms with E-state index in [0.717, 1.165) is 10.8 Å². The number of ether oxygens (including phenoxy) is 1. The molecule has 1 aliphatic rings. The molecular weight excluding hydrogens is 196 g/mol. The van der Waals surface area contributed by atoms with Gasteiger partial charge in [0.25, 0.3) is 0 Å². The Morgan fingerprint density at radius 3 is 2.79 bits per heavy atom. The highest BCUT2D eigenvalue weighted by atomic mass is 32.2. The van der Waals surface area contributed by atoms with Crippen molar-refractivity contribution in [1.29, 1.82) is 0 Å². The van der Waals surface area contributed by atoms with E-state index in [-0.39, 0.29) is 5.97 Å². The predicted molar refractivity (Wildman–Crippen MR) is 60.5 cm³/mol. The molecule has 0 N–H and O–H groups in total. The van der Waals surface area contributed by atoms with Crippen LogP contribution in [0.15, 0.2) is 11.6 Å². The van der Waals surface area contributed by atoms with Crippen molar-refractivity contribution in [1.82, 2.24) is 0 Å². The van der Waals surface area contributed by atoms with Crippen molar-refractivity contribution in [2.45, 2.75) is 44.1 Å².